The number of anilines is 2. The van der Waals surface area contributed by atoms with Crippen molar-refractivity contribution in [1.29, 1.82) is 0 Å². The highest BCUT2D eigenvalue weighted by molar-refractivity contribution is 7.90. The zero-order valence-electron chi connectivity index (χ0n) is 72.6. The van der Waals surface area contributed by atoms with Gasteiger partial charge in [-0.3, -0.25) is 29.1 Å². The number of morpholine rings is 1. The van der Waals surface area contributed by atoms with Crippen molar-refractivity contribution in [2.45, 2.75) is 145 Å². The molecule has 3 atom stereocenters. The summed E-state index contributed by atoms with van der Waals surface area (Å²) >= 11 is 0. The van der Waals surface area contributed by atoms with Crippen LogP contribution in [-0.4, -0.2) is 331 Å². The number of primary amides is 1. The minimum atomic E-state index is -3.19. The van der Waals surface area contributed by atoms with Gasteiger partial charge in [-0.15, -0.1) is 6.42 Å². The quantitative estimate of drug-likeness (QED) is 0.0183. The van der Waals surface area contributed by atoms with Gasteiger partial charge in [-0.2, -0.15) is 17.0 Å². The molecule has 11 rings (SSSR count). The van der Waals surface area contributed by atoms with E-state index >= 15 is 0 Å². The Morgan fingerprint density at radius 2 is 1.08 bits per heavy atom. The van der Waals surface area contributed by atoms with Gasteiger partial charge in [0.1, 0.15) is 22.2 Å². The van der Waals surface area contributed by atoms with Crippen LogP contribution in [0.15, 0.2) is 114 Å². The second-order valence-corrected chi connectivity index (χ2v) is 33.9. The number of terminal acetylenes is 1. The van der Waals surface area contributed by atoms with E-state index in [2.05, 4.69) is 123 Å². The fraction of sp³-hybridized carbons (Fsp3) is 0.643. The van der Waals surface area contributed by atoms with Crippen molar-refractivity contribution in [3.05, 3.63) is 126 Å². The van der Waals surface area contributed by atoms with Gasteiger partial charge in [0, 0.05) is 174 Å². The van der Waals surface area contributed by atoms with Gasteiger partial charge in [-0.05, 0) is 167 Å². The largest absolute Gasteiger partial charge is 0.487 e. The van der Waals surface area contributed by atoms with Gasteiger partial charge in [-0.1, -0.05) is 89.9 Å². The maximum absolute atomic E-state index is 11.6. The molecule has 664 valence electrons. The number of nitrogens with two attached hydrogens (primary N) is 3. The van der Waals surface area contributed by atoms with Gasteiger partial charge >= 0.3 is 0 Å². The van der Waals surface area contributed by atoms with Crippen LogP contribution in [0.25, 0.3) is 0 Å². The molecule has 5 saturated heterocycles. The molecule has 0 bridgehead atoms. The number of carbonyl (C=O) groups is 3. The fourth-order valence-electron chi connectivity index (χ4n) is 13.2. The van der Waals surface area contributed by atoms with Crippen molar-refractivity contribution >= 4 is 55.4 Å². The molecular weight excluding hydrogens is 1530 g/mol. The van der Waals surface area contributed by atoms with Crippen LogP contribution < -0.4 is 69.8 Å². The Labute approximate surface area is 702 Å². The van der Waals surface area contributed by atoms with E-state index in [4.69, 9.17) is 47.8 Å². The molecule has 2 aliphatic carbocycles. The summed E-state index contributed by atoms with van der Waals surface area (Å²) in [5, 5.41) is 39.1. The average Bonchev–Trinajstić information content (AvgIpc) is 1.70. The van der Waals surface area contributed by atoms with E-state index in [1.54, 1.807) is 46.4 Å². The number of carbonyl (C=O) groups excluding carboxylic acids is 3. The lowest BCUT2D eigenvalue weighted by molar-refractivity contribution is -0.130. The smallest absolute Gasteiger partial charge is 0.281 e. The van der Waals surface area contributed by atoms with Crippen LogP contribution in [0.2, 0.25) is 0 Å². The second kappa shape index (κ2) is 63.9. The monoisotopic (exact) mass is 1680 g/mol. The van der Waals surface area contributed by atoms with E-state index in [1.807, 2.05) is 95.7 Å². The zero-order chi connectivity index (χ0) is 86.7. The normalized spacial score (nSPS) is 20.8. The molecule has 3 unspecified atom stereocenters. The van der Waals surface area contributed by atoms with Crippen molar-refractivity contribution in [3.63, 3.8) is 0 Å². The van der Waals surface area contributed by atoms with Gasteiger partial charge < -0.3 is 94.1 Å². The molecule has 16 N–H and O–H groups in total. The van der Waals surface area contributed by atoms with Crippen LogP contribution in [0.5, 0.6) is 5.75 Å². The molecule has 33 heteroatoms. The summed E-state index contributed by atoms with van der Waals surface area (Å²) in [7, 11) is 14.5. The number of amides is 3. The first kappa shape index (κ1) is 106. The second-order valence-electron chi connectivity index (χ2n) is 29.5. The lowest BCUT2D eigenvalue weighted by Crippen LogP contribution is -2.45. The van der Waals surface area contributed by atoms with Gasteiger partial charge in [-0.25, -0.2) is 8.42 Å². The third kappa shape index (κ3) is 48.7. The molecule has 3 amide bonds. The van der Waals surface area contributed by atoms with Crippen LogP contribution in [0.4, 0.5) is 11.4 Å². The topological polar surface area (TPSA) is 395 Å². The first-order valence-electron chi connectivity index (χ1n) is 41.1. The van der Waals surface area contributed by atoms with Crippen LogP contribution in [0, 0.1) is 12.3 Å². The van der Waals surface area contributed by atoms with Crippen LogP contribution >= 0.6 is 0 Å². The Balaban J connectivity index is 0.000000444. The third-order valence-corrected chi connectivity index (χ3v) is 22.3. The number of piperidine rings is 1. The zero-order valence-corrected chi connectivity index (χ0v) is 74.3. The van der Waals surface area contributed by atoms with Gasteiger partial charge in [0.05, 0.1) is 70.2 Å². The Hall–Kier alpha value is -7.02. The predicted octanol–water partition coefficient (Wildman–Crippen LogP) is 3.98. The molecule has 7 fully saturated rings. The highest BCUT2D eigenvalue weighted by atomic mass is 32.2. The number of hydrogen-bond donors (Lipinski definition) is 13. The summed E-state index contributed by atoms with van der Waals surface area (Å²) in [6.07, 6.45) is 24.6. The lowest BCUT2D eigenvalue weighted by atomic mass is 9.93. The Kier molecular flexibility index (Phi) is 57.9. The Morgan fingerprint density at radius 3 is 1.55 bits per heavy atom. The van der Waals surface area contributed by atoms with E-state index in [9.17, 15) is 31.2 Å². The Bertz CT molecular complexity index is 3510. The molecule has 117 heavy (non-hydrogen) atoms. The van der Waals surface area contributed by atoms with Crippen molar-refractivity contribution in [2.75, 3.05) is 219 Å². The first-order chi connectivity index (χ1) is 56.2. The summed E-state index contributed by atoms with van der Waals surface area (Å²) in [6.45, 7) is 15.7. The van der Waals surface area contributed by atoms with Crippen molar-refractivity contribution in [2.24, 2.45) is 22.4 Å². The van der Waals surface area contributed by atoms with E-state index in [0.29, 0.717) is 93.4 Å². The number of ether oxygens (including phenoxy) is 4. The summed E-state index contributed by atoms with van der Waals surface area (Å²) < 4.78 is 67.2. The van der Waals surface area contributed by atoms with Gasteiger partial charge in [0.25, 0.3) is 10.2 Å². The maximum Gasteiger partial charge on any atom is 0.281 e. The van der Waals surface area contributed by atoms with E-state index in [1.165, 1.54) is 90.4 Å². The van der Waals surface area contributed by atoms with Gasteiger partial charge in [0.15, 0.2) is 0 Å². The molecule has 4 aromatic carbocycles. The van der Waals surface area contributed by atoms with Gasteiger partial charge in [0.2, 0.25) is 17.7 Å². The summed E-state index contributed by atoms with van der Waals surface area (Å²) in [4.78, 5) is 41.4. The number of sulfone groups is 1. The number of oxime groups is 1. The predicted molar refractivity (Wildman–Crippen MR) is 476 cm³/mol. The number of benzene rings is 4. The van der Waals surface area contributed by atoms with Crippen LogP contribution in [0.3, 0.4) is 0 Å². The minimum absolute atomic E-state index is 0.0737. The fourth-order valence-corrected chi connectivity index (χ4v) is 14.4. The van der Waals surface area contributed by atoms with Crippen molar-refractivity contribution < 1.29 is 55.4 Å². The average molecular weight is 1680 g/mol. The molecule has 31 nitrogen and oxygen atoms in total. The van der Waals surface area contributed by atoms with Crippen molar-refractivity contribution in [3.8, 4) is 18.1 Å². The minimum Gasteiger partial charge on any atom is -0.487 e. The number of rotatable bonds is 26. The highest BCUT2D eigenvalue weighted by Gasteiger charge is 2.32. The number of nitrogens with zero attached hydrogens (tertiary/aromatic N) is 7. The SMILES string of the molecule is C#CCN1CCC(NC)C1.CNC(=O)CN1CCOCC1.CNC1CCC(OC/C=N/O)CC1.CNC1CCC(OCCN)CC1.CNC1CCN(C(=O)CN)CC1.CNC1CCN(Cc2ccccc2)C1.CNC1CCN(S(=O)(=O)N(C)C)C1.CNc1cccc(C(N)=O)c1.CNc1ccccc1OCc1ccccc1.CS(C)(=O)=O. The molecule has 7 aliphatic rings. The lowest BCUT2D eigenvalue weighted by Gasteiger charge is -2.31. The van der Waals surface area contributed by atoms with Crippen molar-refractivity contribution in [1.82, 2.24) is 65.4 Å². The molecule has 0 radical (unpaired) electrons. The molecule has 4 aromatic rings. The highest BCUT2D eigenvalue weighted by Crippen LogP contribution is 2.25. The number of likely N-dealkylation sites (N-methyl/N-ethyl adjacent to an activating group) is 4. The Morgan fingerprint density at radius 1 is 0.590 bits per heavy atom. The molecule has 0 spiro atoms. The summed E-state index contributed by atoms with van der Waals surface area (Å²) in [5.41, 5.74) is 20.7. The first-order valence-corrected chi connectivity index (χ1v) is 44.8. The number of hydrogen-bond acceptors (Lipinski definition) is 26. The van der Waals surface area contributed by atoms with Crippen LogP contribution in [-0.2, 0) is 57.0 Å². The number of likely N-dealkylation sites (tertiary alicyclic amines) is 3. The molecule has 5 heterocycles. The van der Waals surface area contributed by atoms with Crippen LogP contribution in [0.1, 0.15) is 105 Å². The van der Waals surface area contributed by atoms with E-state index in [-0.39, 0.29) is 18.4 Å². The third-order valence-electron chi connectivity index (χ3n) is 20.4. The number of nitrogens with one attached hydrogen (secondary N) is 9. The molecular formula is C84H149N19O12S2. The molecule has 2 saturated carbocycles. The molecule has 5 aliphatic heterocycles. The summed E-state index contributed by atoms with van der Waals surface area (Å²) in [5.74, 6) is 3.28. The van der Waals surface area contributed by atoms with E-state index in [0.717, 1.165) is 134 Å². The number of para-hydroxylation sites is 2. The standard InChI is InChI=1S/C14H15NO.C12H18N2.C9H18N2O2.C9H20N2O.C8H17N3O.C8H10N2O.C8H14N2.C7H17N3O2S.C7H14N2O2.C2H6O2S/c1-15-13-9-5-6-10-14(13)16-11-12-7-3-2-4-8-12;1-13-12-7-8-14(10-12)9-11-5-3-2-4-6-11;1-10-8-2-4-9(5-3-8)13-7-6-11-12;1-11-8-2-4-9(5-3-8)12-7-6-10;1-10-7-2-4-11(5-3-7)8(12)6-9;1-10-7-4-2-3-6(5-7)8(9)11;1-3-5-10-6-4-8(7-10)9-2;1-8-7-4-5-10(6-7)13(11,12)9(2)3;1-8-7(10)6-9-2-4-11-5-3-9;1-5(2,3)4/h2-10,15H,11H2,1H3;2-6,12-13H,7-10H2,1H3;6,8-10,12H,2-5,7H2,1H3;8-9,11H,2-7,10H2,1H3;7,10H,2-6,9H2,1H3;2-5,10H,1H3,(H2,9,11);1,8-9H,4-7H2,2H3;7-8H,4-6H2,1-3H3;2-6H2,1H3,(H,8,10);1-2H3/b;;11-6+;;;;;;;. The maximum atomic E-state index is 11.6. The van der Waals surface area contributed by atoms with E-state index < -0.39 is 26.0 Å². The molecule has 0 aromatic heterocycles. The summed E-state index contributed by atoms with van der Waals surface area (Å²) in [6, 6.07) is 39.4.